The molecule has 0 aliphatic rings. The maximum Gasteiger partial charge on any atom is 0.326 e. The molecule has 0 heterocycles. The highest BCUT2D eigenvalue weighted by Gasteiger charge is 2.28. The average molecular weight is 416 g/mol. The molecule has 5 amide bonds. The van der Waals surface area contributed by atoms with E-state index in [1.165, 1.54) is 0 Å². The number of carboxylic acid groups (broad SMARTS) is 1. The lowest BCUT2D eigenvalue weighted by Crippen LogP contribution is -2.55. The van der Waals surface area contributed by atoms with Crippen LogP contribution in [0, 0.1) is 5.92 Å². The van der Waals surface area contributed by atoms with Crippen LogP contribution in [0.25, 0.3) is 0 Å². The Balaban J connectivity index is 4.91. The molecule has 10 N–H and O–H groups in total. The Morgan fingerprint density at radius 1 is 0.931 bits per heavy atom. The van der Waals surface area contributed by atoms with Gasteiger partial charge in [-0.25, -0.2) is 4.79 Å². The van der Waals surface area contributed by atoms with E-state index in [1.54, 1.807) is 13.8 Å². The molecule has 0 radical (unpaired) electrons. The molecule has 0 bridgehead atoms. The normalized spacial score (nSPS) is 14.6. The summed E-state index contributed by atoms with van der Waals surface area (Å²) < 4.78 is 0. The molecular formula is C16H28N6O7. The van der Waals surface area contributed by atoms with Crippen molar-refractivity contribution in [2.45, 2.75) is 51.2 Å². The standard InChI is InChI=1S/C16H28N6O7/c1-3-7(2)13(16(28)29)22-12(25)6-20-15(27)9(5-11(19)24)21-14(26)8(17)4-10(18)23/h7-9,13H,3-6,17H2,1-2H3,(H2,18,23)(H2,19,24)(H,20,27)(H,21,26)(H,22,25)(H,28,29). The van der Waals surface area contributed by atoms with Gasteiger partial charge in [0.1, 0.15) is 12.1 Å². The summed E-state index contributed by atoms with van der Waals surface area (Å²) in [7, 11) is 0. The first-order chi connectivity index (χ1) is 13.4. The van der Waals surface area contributed by atoms with E-state index in [9.17, 15) is 28.8 Å². The lowest BCUT2D eigenvalue weighted by atomic mass is 9.99. The zero-order valence-electron chi connectivity index (χ0n) is 16.3. The first-order valence-corrected chi connectivity index (χ1v) is 8.81. The van der Waals surface area contributed by atoms with Gasteiger partial charge in [-0.1, -0.05) is 20.3 Å². The zero-order valence-corrected chi connectivity index (χ0v) is 16.3. The Kier molecular flexibility index (Phi) is 10.9. The summed E-state index contributed by atoms with van der Waals surface area (Å²) in [5.74, 6) is -5.94. The minimum atomic E-state index is -1.45. The smallest absolute Gasteiger partial charge is 0.326 e. The van der Waals surface area contributed by atoms with Gasteiger partial charge in [-0.2, -0.15) is 0 Å². The number of hydrogen-bond donors (Lipinski definition) is 7. The summed E-state index contributed by atoms with van der Waals surface area (Å²) >= 11 is 0. The number of nitrogens with two attached hydrogens (primary N) is 3. The SMILES string of the molecule is CCC(C)C(NC(=O)CNC(=O)C(CC(N)=O)NC(=O)C(N)CC(N)=O)C(=O)O. The maximum absolute atomic E-state index is 12.2. The van der Waals surface area contributed by atoms with Crippen LogP contribution in [0.4, 0.5) is 0 Å². The van der Waals surface area contributed by atoms with Gasteiger partial charge >= 0.3 is 5.97 Å². The number of primary amides is 2. The third-order valence-corrected chi connectivity index (χ3v) is 4.01. The fourth-order valence-electron chi connectivity index (χ4n) is 2.20. The van der Waals surface area contributed by atoms with Gasteiger partial charge in [-0.3, -0.25) is 24.0 Å². The molecule has 0 fully saturated rings. The third-order valence-electron chi connectivity index (χ3n) is 4.01. The second kappa shape index (κ2) is 12.3. The van der Waals surface area contributed by atoms with E-state index < -0.39 is 73.0 Å². The van der Waals surface area contributed by atoms with E-state index in [0.717, 1.165) is 0 Å². The topological polar surface area (TPSA) is 237 Å². The monoisotopic (exact) mass is 416 g/mol. The number of aliphatic carboxylic acids is 1. The molecule has 29 heavy (non-hydrogen) atoms. The summed E-state index contributed by atoms with van der Waals surface area (Å²) in [6.45, 7) is 2.80. The van der Waals surface area contributed by atoms with Crippen LogP contribution in [-0.2, 0) is 28.8 Å². The van der Waals surface area contributed by atoms with Crippen molar-refractivity contribution in [3.63, 3.8) is 0 Å². The van der Waals surface area contributed by atoms with Crippen molar-refractivity contribution in [3.05, 3.63) is 0 Å². The van der Waals surface area contributed by atoms with Gasteiger partial charge in [0.25, 0.3) is 0 Å². The van der Waals surface area contributed by atoms with Crippen molar-refractivity contribution in [1.82, 2.24) is 16.0 Å². The van der Waals surface area contributed by atoms with Crippen molar-refractivity contribution >= 4 is 35.5 Å². The molecule has 0 aromatic carbocycles. The molecule has 0 saturated carbocycles. The largest absolute Gasteiger partial charge is 0.480 e. The number of rotatable bonds is 13. The highest BCUT2D eigenvalue weighted by Crippen LogP contribution is 2.07. The molecular weight excluding hydrogens is 388 g/mol. The molecule has 0 saturated heterocycles. The molecule has 0 spiro atoms. The minimum Gasteiger partial charge on any atom is -0.480 e. The number of hydrogen-bond acceptors (Lipinski definition) is 7. The molecule has 0 aromatic rings. The van der Waals surface area contributed by atoms with Crippen molar-refractivity contribution in [3.8, 4) is 0 Å². The molecule has 0 rings (SSSR count). The quantitative estimate of drug-likeness (QED) is 0.157. The van der Waals surface area contributed by atoms with Crippen LogP contribution in [0.3, 0.4) is 0 Å². The minimum absolute atomic E-state index is 0.346. The molecule has 0 aromatic heterocycles. The van der Waals surface area contributed by atoms with Gasteiger partial charge in [0.05, 0.1) is 25.4 Å². The van der Waals surface area contributed by atoms with E-state index in [-0.39, 0.29) is 5.92 Å². The average Bonchev–Trinajstić information content (AvgIpc) is 2.61. The summed E-state index contributed by atoms with van der Waals surface area (Å²) in [4.78, 5) is 69.3. The molecule has 4 atom stereocenters. The predicted molar refractivity (Wildman–Crippen MR) is 99.6 cm³/mol. The van der Waals surface area contributed by atoms with Crippen LogP contribution in [0.1, 0.15) is 33.1 Å². The Morgan fingerprint density at radius 3 is 1.93 bits per heavy atom. The van der Waals surface area contributed by atoms with Crippen LogP contribution < -0.4 is 33.2 Å². The van der Waals surface area contributed by atoms with Crippen LogP contribution in [0.2, 0.25) is 0 Å². The number of amides is 5. The van der Waals surface area contributed by atoms with Gasteiger partial charge in [-0.05, 0) is 5.92 Å². The number of carboxylic acids is 1. The molecule has 0 aliphatic carbocycles. The summed E-state index contributed by atoms with van der Waals surface area (Å²) in [5, 5.41) is 15.8. The van der Waals surface area contributed by atoms with E-state index in [0.29, 0.717) is 6.42 Å². The van der Waals surface area contributed by atoms with E-state index in [4.69, 9.17) is 22.3 Å². The van der Waals surface area contributed by atoms with Crippen LogP contribution in [0.15, 0.2) is 0 Å². The van der Waals surface area contributed by atoms with Crippen LogP contribution in [-0.4, -0.2) is 65.3 Å². The number of carbonyl (C=O) groups is 6. The first-order valence-electron chi connectivity index (χ1n) is 8.81. The van der Waals surface area contributed by atoms with Crippen LogP contribution in [0.5, 0.6) is 0 Å². The van der Waals surface area contributed by atoms with Gasteiger partial charge < -0.3 is 38.3 Å². The second-order valence-corrected chi connectivity index (χ2v) is 6.50. The Bertz CT molecular complexity index is 654. The Labute approximate surface area is 167 Å². The van der Waals surface area contributed by atoms with Gasteiger partial charge in [0.2, 0.25) is 29.5 Å². The first kappa shape index (κ1) is 25.8. The second-order valence-electron chi connectivity index (χ2n) is 6.50. The molecule has 4 unspecified atom stereocenters. The fourth-order valence-corrected chi connectivity index (χ4v) is 2.20. The maximum atomic E-state index is 12.2. The van der Waals surface area contributed by atoms with E-state index >= 15 is 0 Å². The summed E-state index contributed by atoms with van der Waals surface area (Å²) in [6.07, 6.45) is -0.569. The van der Waals surface area contributed by atoms with Crippen molar-refractivity contribution < 1.29 is 33.9 Å². The highest BCUT2D eigenvalue weighted by atomic mass is 16.4. The lowest BCUT2D eigenvalue weighted by Gasteiger charge is -2.21. The number of nitrogens with one attached hydrogen (secondary N) is 3. The van der Waals surface area contributed by atoms with Crippen molar-refractivity contribution in [2.24, 2.45) is 23.1 Å². The highest BCUT2D eigenvalue weighted by molar-refractivity contribution is 5.96. The van der Waals surface area contributed by atoms with E-state index in [2.05, 4.69) is 16.0 Å². The van der Waals surface area contributed by atoms with Gasteiger partial charge in [0.15, 0.2) is 0 Å². The van der Waals surface area contributed by atoms with Crippen molar-refractivity contribution in [2.75, 3.05) is 6.54 Å². The van der Waals surface area contributed by atoms with Crippen molar-refractivity contribution in [1.29, 1.82) is 0 Å². The lowest BCUT2D eigenvalue weighted by molar-refractivity contribution is -0.143. The van der Waals surface area contributed by atoms with E-state index in [1.807, 2.05) is 0 Å². The molecule has 13 heteroatoms. The number of carbonyl (C=O) groups excluding carboxylic acids is 5. The predicted octanol–water partition coefficient (Wildman–Crippen LogP) is -3.72. The fraction of sp³-hybridized carbons (Fsp3) is 0.625. The summed E-state index contributed by atoms with van der Waals surface area (Å²) in [5.41, 5.74) is 15.4. The van der Waals surface area contributed by atoms with Crippen LogP contribution >= 0.6 is 0 Å². The summed E-state index contributed by atoms with van der Waals surface area (Å²) in [6, 6.07) is -3.93. The zero-order chi connectivity index (χ0) is 22.7. The molecule has 13 nitrogen and oxygen atoms in total. The third kappa shape index (κ3) is 10.0. The Hall–Kier alpha value is -3.22. The Morgan fingerprint density at radius 2 is 1.48 bits per heavy atom. The molecule has 164 valence electrons. The molecule has 0 aliphatic heterocycles. The van der Waals surface area contributed by atoms with Gasteiger partial charge in [-0.15, -0.1) is 0 Å². The van der Waals surface area contributed by atoms with Gasteiger partial charge in [0, 0.05) is 0 Å².